The van der Waals surface area contributed by atoms with Crippen LogP contribution in [0.15, 0.2) is 54.1 Å². The fourth-order valence-corrected chi connectivity index (χ4v) is 2.01. The minimum absolute atomic E-state index is 0.0514. The molecule has 0 saturated heterocycles. The number of nitrogens with one attached hydrogen (secondary N) is 1. The second kappa shape index (κ2) is 7.61. The van der Waals surface area contributed by atoms with E-state index in [1.807, 2.05) is 6.07 Å². The van der Waals surface area contributed by atoms with Gasteiger partial charge in [0.25, 0.3) is 5.91 Å². The number of carbonyl (C=O) groups excluding carboxylic acids is 1. The lowest BCUT2D eigenvalue weighted by molar-refractivity contribution is -0.112. The van der Waals surface area contributed by atoms with Gasteiger partial charge in [0.05, 0.1) is 18.4 Å². The number of amides is 1. The number of hydrogen-bond donors (Lipinski definition) is 2. The van der Waals surface area contributed by atoms with Crippen molar-refractivity contribution in [3.05, 3.63) is 65.2 Å². The average Bonchev–Trinajstić information content (AvgIpc) is 2.60. The Labute approximate surface area is 138 Å². The minimum Gasteiger partial charge on any atom is -0.497 e. The van der Waals surface area contributed by atoms with Gasteiger partial charge in [-0.15, -0.1) is 0 Å². The predicted molar refractivity (Wildman–Crippen MR) is 88.6 cm³/mol. The van der Waals surface area contributed by atoms with Crippen molar-refractivity contribution < 1.29 is 19.4 Å². The summed E-state index contributed by atoms with van der Waals surface area (Å²) in [4.78, 5) is 23.4. The zero-order valence-corrected chi connectivity index (χ0v) is 12.8. The second-order valence-corrected chi connectivity index (χ2v) is 4.75. The monoisotopic (exact) mass is 322 g/mol. The van der Waals surface area contributed by atoms with E-state index in [1.54, 1.807) is 36.4 Å². The van der Waals surface area contributed by atoms with E-state index in [1.165, 1.54) is 25.3 Å². The first-order valence-corrected chi connectivity index (χ1v) is 6.94. The Kier molecular flexibility index (Phi) is 5.32. The summed E-state index contributed by atoms with van der Waals surface area (Å²) in [5.74, 6) is -1.26. The predicted octanol–water partition coefficient (Wildman–Crippen LogP) is 2.94. The highest BCUT2D eigenvalue weighted by Gasteiger charge is 2.14. The van der Waals surface area contributed by atoms with Gasteiger partial charge < -0.3 is 15.2 Å². The van der Waals surface area contributed by atoms with Crippen LogP contribution in [0.25, 0.3) is 6.08 Å². The van der Waals surface area contributed by atoms with Crippen molar-refractivity contribution in [2.75, 3.05) is 12.4 Å². The Hall–Kier alpha value is -3.59. The van der Waals surface area contributed by atoms with Crippen molar-refractivity contribution in [1.82, 2.24) is 0 Å². The van der Waals surface area contributed by atoms with Gasteiger partial charge in [0, 0.05) is 0 Å². The number of hydrogen-bond acceptors (Lipinski definition) is 4. The summed E-state index contributed by atoms with van der Waals surface area (Å²) >= 11 is 0. The van der Waals surface area contributed by atoms with Gasteiger partial charge in [-0.3, -0.25) is 4.79 Å². The molecule has 6 nitrogen and oxygen atoms in total. The van der Waals surface area contributed by atoms with Gasteiger partial charge in [0.15, 0.2) is 0 Å². The molecule has 0 saturated carbocycles. The SMILES string of the molecule is COc1cccc(C=C(C#N)C(=O)Nc2ccccc2C(=O)O)c1. The molecule has 0 aliphatic rings. The van der Waals surface area contributed by atoms with Crippen LogP contribution in [0.3, 0.4) is 0 Å². The zero-order chi connectivity index (χ0) is 17.5. The molecule has 0 bridgehead atoms. The lowest BCUT2D eigenvalue weighted by atomic mass is 10.1. The van der Waals surface area contributed by atoms with E-state index in [-0.39, 0.29) is 16.8 Å². The number of rotatable bonds is 5. The maximum absolute atomic E-state index is 12.3. The number of benzene rings is 2. The highest BCUT2D eigenvalue weighted by Crippen LogP contribution is 2.18. The molecule has 0 spiro atoms. The van der Waals surface area contributed by atoms with E-state index in [0.29, 0.717) is 11.3 Å². The highest BCUT2D eigenvalue weighted by atomic mass is 16.5. The molecule has 0 aromatic heterocycles. The normalized spacial score (nSPS) is 10.6. The number of carboxylic acid groups (broad SMARTS) is 1. The summed E-state index contributed by atoms with van der Waals surface area (Å²) < 4.78 is 5.09. The summed E-state index contributed by atoms with van der Waals surface area (Å²) in [5.41, 5.74) is 0.544. The third kappa shape index (κ3) is 3.99. The van der Waals surface area contributed by atoms with Crippen molar-refractivity contribution in [3.8, 4) is 11.8 Å². The lowest BCUT2D eigenvalue weighted by Gasteiger charge is -2.07. The number of nitriles is 1. The van der Waals surface area contributed by atoms with Gasteiger partial charge in [-0.25, -0.2) is 4.79 Å². The molecule has 0 atom stereocenters. The molecule has 24 heavy (non-hydrogen) atoms. The molecule has 1 amide bonds. The summed E-state index contributed by atoms with van der Waals surface area (Å²) in [5, 5.41) is 20.8. The van der Waals surface area contributed by atoms with E-state index in [0.717, 1.165) is 0 Å². The van der Waals surface area contributed by atoms with Crippen molar-refractivity contribution in [3.63, 3.8) is 0 Å². The summed E-state index contributed by atoms with van der Waals surface area (Å²) in [7, 11) is 1.52. The third-order valence-corrected chi connectivity index (χ3v) is 3.18. The van der Waals surface area contributed by atoms with Gasteiger partial charge in [0.1, 0.15) is 17.4 Å². The van der Waals surface area contributed by atoms with Crippen LogP contribution >= 0.6 is 0 Å². The minimum atomic E-state index is -1.17. The number of carbonyl (C=O) groups is 2. The number of nitrogens with zero attached hydrogens (tertiary/aromatic N) is 1. The molecule has 0 heterocycles. The summed E-state index contributed by atoms with van der Waals surface area (Å²) in [6.45, 7) is 0. The van der Waals surface area contributed by atoms with Crippen LogP contribution in [-0.4, -0.2) is 24.1 Å². The first kappa shape index (κ1) is 16.8. The molecule has 2 aromatic carbocycles. The molecule has 2 rings (SSSR count). The first-order valence-electron chi connectivity index (χ1n) is 6.94. The quantitative estimate of drug-likeness (QED) is 0.651. The maximum Gasteiger partial charge on any atom is 0.337 e. The Morgan fingerprint density at radius 2 is 1.96 bits per heavy atom. The molecular formula is C18H14N2O4. The van der Waals surface area contributed by atoms with Gasteiger partial charge in [-0.05, 0) is 35.9 Å². The van der Waals surface area contributed by atoms with E-state index in [2.05, 4.69) is 5.32 Å². The van der Waals surface area contributed by atoms with E-state index in [9.17, 15) is 14.9 Å². The van der Waals surface area contributed by atoms with Crippen LogP contribution in [0.4, 0.5) is 5.69 Å². The number of anilines is 1. The number of carboxylic acids is 1. The zero-order valence-electron chi connectivity index (χ0n) is 12.8. The van der Waals surface area contributed by atoms with Gasteiger partial charge >= 0.3 is 5.97 Å². The van der Waals surface area contributed by atoms with E-state index >= 15 is 0 Å². The summed E-state index contributed by atoms with van der Waals surface area (Å²) in [6.07, 6.45) is 1.40. The molecule has 0 aliphatic carbocycles. The first-order chi connectivity index (χ1) is 11.5. The largest absolute Gasteiger partial charge is 0.497 e. The number of ether oxygens (including phenoxy) is 1. The number of methoxy groups -OCH3 is 1. The van der Waals surface area contributed by atoms with Crippen molar-refractivity contribution >= 4 is 23.6 Å². The smallest absolute Gasteiger partial charge is 0.337 e. The molecular weight excluding hydrogens is 308 g/mol. The Morgan fingerprint density at radius 1 is 1.21 bits per heavy atom. The van der Waals surface area contributed by atoms with Crippen LogP contribution in [0.1, 0.15) is 15.9 Å². The van der Waals surface area contributed by atoms with Gasteiger partial charge in [-0.2, -0.15) is 5.26 Å². The van der Waals surface area contributed by atoms with Crippen molar-refractivity contribution in [1.29, 1.82) is 5.26 Å². The second-order valence-electron chi connectivity index (χ2n) is 4.75. The molecule has 0 radical (unpaired) electrons. The Morgan fingerprint density at radius 3 is 2.62 bits per heavy atom. The van der Waals surface area contributed by atoms with E-state index in [4.69, 9.17) is 9.84 Å². The highest BCUT2D eigenvalue weighted by molar-refractivity contribution is 6.11. The molecule has 0 unspecified atom stereocenters. The van der Waals surface area contributed by atoms with Crippen LogP contribution in [0.2, 0.25) is 0 Å². The Bertz CT molecular complexity index is 850. The maximum atomic E-state index is 12.3. The van der Waals surface area contributed by atoms with Crippen LogP contribution in [-0.2, 0) is 4.79 Å². The molecule has 0 fully saturated rings. The number of aromatic carboxylic acids is 1. The van der Waals surface area contributed by atoms with Crippen LogP contribution in [0, 0.1) is 11.3 Å². The Balaban J connectivity index is 2.28. The lowest BCUT2D eigenvalue weighted by Crippen LogP contribution is -2.16. The molecule has 2 aromatic rings. The van der Waals surface area contributed by atoms with Gasteiger partial charge in [-0.1, -0.05) is 24.3 Å². The molecule has 6 heteroatoms. The number of para-hydroxylation sites is 1. The average molecular weight is 322 g/mol. The summed E-state index contributed by atoms with van der Waals surface area (Å²) in [6, 6.07) is 14.7. The standard InChI is InChI=1S/C18H14N2O4/c1-24-14-6-4-5-12(10-14)9-13(11-19)17(21)20-16-8-3-2-7-15(16)18(22)23/h2-10H,1H3,(H,20,21)(H,22,23). The molecule has 120 valence electrons. The molecule has 0 aliphatic heterocycles. The van der Waals surface area contributed by atoms with Crippen LogP contribution < -0.4 is 10.1 Å². The van der Waals surface area contributed by atoms with E-state index < -0.39 is 11.9 Å². The van der Waals surface area contributed by atoms with Crippen molar-refractivity contribution in [2.45, 2.75) is 0 Å². The van der Waals surface area contributed by atoms with Crippen molar-refractivity contribution in [2.24, 2.45) is 0 Å². The van der Waals surface area contributed by atoms with Gasteiger partial charge in [0.2, 0.25) is 0 Å². The fourth-order valence-electron chi connectivity index (χ4n) is 2.01. The topological polar surface area (TPSA) is 99.4 Å². The molecule has 2 N–H and O–H groups in total. The fraction of sp³-hybridized carbons (Fsp3) is 0.0556. The van der Waals surface area contributed by atoms with Crippen LogP contribution in [0.5, 0.6) is 5.75 Å². The third-order valence-electron chi connectivity index (χ3n) is 3.18.